The van der Waals surface area contributed by atoms with Gasteiger partial charge in [0.25, 0.3) is 0 Å². The fourth-order valence-corrected chi connectivity index (χ4v) is 1.62. The fraction of sp³-hybridized carbons (Fsp3) is 0.417. The molecule has 0 unspecified atom stereocenters. The van der Waals surface area contributed by atoms with Gasteiger partial charge in [0, 0.05) is 18.8 Å². The van der Waals surface area contributed by atoms with Crippen LogP contribution in [0.1, 0.15) is 13.3 Å². The zero-order valence-electron chi connectivity index (χ0n) is 9.80. The van der Waals surface area contributed by atoms with E-state index in [-0.39, 0.29) is 0 Å². The third kappa shape index (κ3) is 2.66. The van der Waals surface area contributed by atoms with Gasteiger partial charge >= 0.3 is 5.97 Å². The maximum Gasteiger partial charge on any atom is 0.326 e. The molecule has 1 rings (SSSR count). The lowest BCUT2D eigenvalue weighted by Crippen LogP contribution is -2.37. The average Bonchev–Trinajstić information content (AvgIpc) is 2.29. The van der Waals surface area contributed by atoms with E-state index in [1.54, 1.807) is 19.1 Å². The average molecular weight is 223 g/mol. The van der Waals surface area contributed by atoms with Crippen LogP contribution in [0.5, 0.6) is 5.75 Å². The van der Waals surface area contributed by atoms with Gasteiger partial charge in [-0.15, -0.1) is 0 Å². The lowest BCUT2D eigenvalue weighted by molar-refractivity contribution is -0.138. The molecule has 1 atom stereocenters. The summed E-state index contributed by atoms with van der Waals surface area (Å²) in [5.74, 6) is -0.0857. The number of nitrogens with zero attached hydrogens (tertiary/aromatic N) is 1. The summed E-state index contributed by atoms with van der Waals surface area (Å²) in [6.07, 6.45) is 0.559. The number of methoxy groups -OCH3 is 1. The molecule has 0 aliphatic rings. The molecule has 1 aromatic carbocycles. The molecule has 1 N–H and O–H groups in total. The van der Waals surface area contributed by atoms with Crippen molar-refractivity contribution >= 4 is 11.7 Å². The quantitative estimate of drug-likeness (QED) is 0.829. The van der Waals surface area contributed by atoms with E-state index in [0.717, 1.165) is 11.4 Å². The van der Waals surface area contributed by atoms with E-state index in [4.69, 9.17) is 9.84 Å². The first-order chi connectivity index (χ1) is 7.60. The van der Waals surface area contributed by atoms with Crippen molar-refractivity contribution in [2.45, 2.75) is 19.4 Å². The van der Waals surface area contributed by atoms with Gasteiger partial charge in [0.1, 0.15) is 11.8 Å². The van der Waals surface area contributed by atoms with Gasteiger partial charge in [-0.2, -0.15) is 0 Å². The number of carboxylic acid groups (broad SMARTS) is 1. The Kier molecular flexibility index (Phi) is 4.17. The molecule has 0 aliphatic carbocycles. The highest BCUT2D eigenvalue weighted by atomic mass is 16.5. The number of hydrogen-bond acceptors (Lipinski definition) is 3. The maximum atomic E-state index is 11.0. The summed E-state index contributed by atoms with van der Waals surface area (Å²) in [5.41, 5.74) is 0.841. The van der Waals surface area contributed by atoms with Crippen LogP contribution in [0.25, 0.3) is 0 Å². The molecule has 0 aromatic heterocycles. The molecule has 0 radical (unpaired) electrons. The SMILES string of the molecule is CC[C@H](C(=O)O)N(C)c1cccc(OC)c1. The number of benzene rings is 1. The van der Waals surface area contributed by atoms with Gasteiger partial charge in [-0.25, -0.2) is 4.79 Å². The summed E-state index contributed by atoms with van der Waals surface area (Å²) >= 11 is 0. The Hall–Kier alpha value is -1.71. The topological polar surface area (TPSA) is 49.8 Å². The third-order valence-electron chi connectivity index (χ3n) is 2.60. The number of anilines is 1. The van der Waals surface area contributed by atoms with E-state index in [2.05, 4.69) is 0 Å². The van der Waals surface area contributed by atoms with E-state index >= 15 is 0 Å². The van der Waals surface area contributed by atoms with E-state index in [1.807, 2.05) is 31.2 Å². The largest absolute Gasteiger partial charge is 0.497 e. The van der Waals surface area contributed by atoms with Crippen molar-refractivity contribution in [2.24, 2.45) is 0 Å². The van der Waals surface area contributed by atoms with Crippen molar-refractivity contribution in [3.8, 4) is 5.75 Å². The van der Waals surface area contributed by atoms with Crippen LogP contribution >= 0.6 is 0 Å². The Bertz CT molecular complexity index is 365. The highest BCUT2D eigenvalue weighted by molar-refractivity contribution is 5.78. The molecule has 4 nitrogen and oxygen atoms in total. The van der Waals surface area contributed by atoms with Gasteiger partial charge in [-0.05, 0) is 18.6 Å². The molecule has 1 aromatic rings. The summed E-state index contributed by atoms with van der Waals surface area (Å²) in [4.78, 5) is 12.8. The molecule has 0 saturated heterocycles. The Morgan fingerprint density at radius 3 is 2.75 bits per heavy atom. The summed E-state index contributed by atoms with van der Waals surface area (Å²) < 4.78 is 5.10. The monoisotopic (exact) mass is 223 g/mol. The standard InChI is InChI=1S/C12H17NO3/c1-4-11(12(14)15)13(2)9-6-5-7-10(8-9)16-3/h5-8,11H,4H2,1-3H3,(H,14,15)/t11-/m1/s1. The molecule has 4 heteroatoms. The Morgan fingerprint density at radius 2 is 2.25 bits per heavy atom. The second-order valence-corrected chi connectivity index (χ2v) is 3.57. The van der Waals surface area contributed by atoms with Crippen molar-refractivity contribution < 1.29 is 14.6 Å². The van der Waals surface area contributed by atoms with Crippen molar-refractivity contribution in [3.63, 3.8) is 0 Å². The van der Waals surface area contributed by atoms with E-state index < -0.39 is 12.0 Å². The summed E-state index contributed by atoms with van der Waals surface area (Å²) in [6.45, 7) is 1.86. The second kappa shape index (κ2) is 5.39. The molecule has 0 heterocycles. The van der Waals surface area contributed by atoms with Gasteiger partial charge in [0.15, 0.2) is 0 Å². The van der Waals surface area contributed by atoms with Crippen molar-refractivity contribution in [1.82, 2.24) is 0 Å². The Morgan fingerprint density at radius 1 is 1.56 bits per heavy atom. The second-order valence-electron chi connectivity index (χ2n) is 3.57. The first-order valence-electron chi connectivity index (χ1n) is 5.19. The smallest absolute Gasteiger partial charge is 0.326 e. The van der Waals surface area contributed by atoms with Crippen LogP contribution in [0.3, 0.4) is 0 Å². The van der Waals surface area contributed by atoms with Gasteiger partial charge in [-0.1, -0.05) is 13.0 Å². The number of hydrogen-bond donors (Lipinski definition) is 1. The summed E-state index contributed by atoms with van der Waals surface area (Å²) in [7, 11) is 3.37. The van der Waals surface area contributed by atoms with Gasteiger partial charge in [0.2, 0.25) is 0 Å². The molecular formula is C12H17NO3. The molecular weight excluding hydrogens is 206 g/mol. The highest BCUT2D eigenvalue weighted by Crippen LogP contribution is 2.22. The number of rotatable bonds is 5. The molecule has 0 fully saturated rings. The fourth-order valence-electron chi connectivity index (χ4n) is 1.62. The van der Waals surface area contributed by atoms with Gasteiger partial charge in [-0.3, -0.25) is 0 Å². The third-order valence-corrected chi connectivity index (χ3v) is 2.60. The highest BCUT2D eigenvalue weighted by Gasteiger charge is 2.20. The molecule has 0 saturated carbocycles. The first kappa shape index (κ1) is 12.4. The number of aliphatic carboxylic acids is 1. The number of carboxylic acids is 1. The van der Waals surface area contributed by atoms with Gasteiger partial charge in [0.05, 0.1) is 7.11 Å². The first-order valence-corrected chi connectivity index (χ1v) is 5.19. The van der Waals surface area contributed by atoms with Crippen LogP contribution in [0.2, 0.25) is 0 Å². The van der Waals surface area contributed by atoms with E-state index in [0.29, 0.717) is 6.42 Å². The molecule has 16 heavy (non-hydrogen) atoms. The normalized spacial score (nSPS) is 11.9. The number of ether oxygens (including phenoxy) is 1. The number of likely N-dealkylation sites (N-methyl/N-ethyl adjacent to an activating group) is 1. The van der Waals surface area contributed by atoms with E-state index in [1.165, 1.54) is 0 Å². The summed E-state index contributed by atoms with van der Waals surface area (Å²) in [5, 5.41) is 9.06. The van der Waals surface area contributed by atoms with Crippen molar-refractivity contribution in [3.05, 3.63) is 24.3 Å². The van der Waals surface area contributed by atoms with Crippen molar-refractivity contribution in [2.75, 3.05) is 19.1 Å². The summed E-state index contributed by atoms with van der Waals surface area (Å²) in [6, 6.07) is 6.87. The molecule has 0 bridgehead atoms. The van der Waals surface area contributed by atoms with Crippen molar-refractivity contribution in [1.29, 1.82) is 0 Å². The minimum Gasteiger partial charge on any atom is -0.497 e. The maximum absolute atomic E-state index is 11.0. The van der Waals surface area contributed by atoms with E-state index in [9.17, 15) is 4.79 Å². The Labute approximate surface area is 95.5 Å². The molecule has 0 spiro atoms. The predicted octanol–water partition coefficient (Wildman–Crippen LogP) is 1.99. The number of carbonyl (C=O) groups is 1. The van der Waals surface area contributed by atoms with Crippen LogP contribution in [-0.2, 0) is 4.79 Å². The van der Waals surface area contributed by atoms with Gasteiger partial charge < -0.3 is 14.7 Å². The zero-order chi connectivity index (χ0) is 12.1. The zero-order valence-corrected chi connectivity index (χ0v) is 9.80. The predicted molar refractivity (Wildman–Crippen MR) is 63.1 cm³/mol. The molecule has 88 valence electrons. The van der Waals surface area contributed by atoms with Crippen LogP contribution in [0, 0.1) is 0 Å². The lowest BCUT2D eigenvalue weighted by atomic mass is 10.1. The Balaban J connectivity index is 2.93. The molecule has 0 aliphatic heterocycles. The minimum atomic E-state index is -0.812. The van der Waals surface area contributed by atoms with Crippen LogP contribution in [0.4, 0.5) is 5.69 Å². The molecule has 0 amide bonds. The van der Waals surface area contributed by atoms with Crippen LogP contribution in [0.15, 0.2) is 24.3 Å². The van der Waals surface area contributed by atoms with Crippen LogP contribution < -0.4 is 9.64 Å². The van der Waals surface area contributed by atoms with Crippen LogP contribution in [-0.4, -0.2) is 31.3 Å². The lowest BCUT2D eigenvalue weighted by Gasteiger charge is -2.26. The minimum absolute atomic E-state index is 0.507.